The molecule has 0 aromatic heterocycles. The Morgan fingerprint density at radius 1 is 1.21 bits per heavy atom. The molecule has 1 fully saturated rings. The van der Waals surface area contributed by atoms with Crippen molar-refractivity contribution >= 4 is 21.4 Å². The molecule has 0 spiro atoms. The number of halogens is 1. The van der Waals surface area contributed by atoms with Crippen LogP contribution >= 0.6 is 11.6 Å². The lowest BCUT2D eigenvalue weighted by molar-refractivity contribution is 0.0410. The summed E-state index contributed by atoms with van der Waals surface area (Å²) in [6.45, 7) is 3.42. The molecule has 7 heteroatoms. The van der Waals surface area contributed by atoms with Gasteiger partial charge in [0.15, 0.2) is 9.84 Å². The van der Waals surface area contributed by atoms with E-state index in [4.69, 9.17) is 21.1 Å². The molecule has 0 bridgehead atoms. The fraction of sp³-hybridized carbons (Fsp3) is 0.455. The molecule has 1 saturated heterocycles. The van der Waals surface area contributed by atoms with Gasteiger partial charge in [-0.2, -0.15) is 0 Å². The van der Waals surface area contributed by atoms with E-state index in [9.17, 15) is 8.42 Å². The Morgan fingerprint density at radius 3 is 2.62 bits per heavy atom. The second-order valence-electron chi connectivity index (χ2n) is 7.60. The molecule has 0 amide bonds. The molecule has 0 N–H and O–H groups in total. The van der Waals surface area contributed by atoms with E-state index in [0.29, 0.717) is 23.2 Å². The maximum Gasteiger partial charge on any atom is 0.175 e. The first-order valence-corrected chi connectivity index (χ1v) is 12.1. The number of piperidine rings is 1. The first-order chi connectivity index (χ1) is 13.8. The minimum atomic E-state index is -3.18. The van der Waals surface area contributed by atoms with Gasteiger partial charge in [-0.15, -0.1) is 0 Å². The topological polar surface area (TPSA) is 55.8 Å². The highest BCUT2D eigenvalue weighted by Crippen LogP contribution is 2.25. The van der Waals surface area contributed by atoms with E-state index < -0.39 is 9.84 Å². The van der Waals surface area contributed by atoms with Crippen LogP contribution in [-0.2, 0) is 14.6 Å². The molecule has 0 radical (unpaired) electrons. The van der Waals surface area contributed by atoms with Crippen LogP contribution in [0.4, 0.5) is 0 Å². The summed E-state index contributed by atoms with van der Waals surface area (Å²) in [7, 11) is -1.45. The van der Waals surface area contributed by atoms with Gasteiger partial charge < -0.3 is 14.4 Å². The fourth-order valence-electron chi connectivity index (χ4n) is 3.71. The van der Waals surface area contributed by atoms with Gasteiger partial charge in [-0.3, -0.25) is 0 Å². The predicted octanol–water partition coefficient (Wildman–Crippen LogP) is 4.22. The highest BCUT2D eigenvalue weighted by atomic mass is 35.5. The molecule has 1 aliphatic rings. The number of hydrogen-bond acceptors (Lipinski definition) is 5. The van der Waals surface area contributed by atoms with E-state index in [1.807, 2.05) is 24.3 Å². The average molecular weight is 438 g/mol. The molecule has 0 unspecified atom stereocenters. The zero-order chi connectivity index (χ0) is 20.9. The molecule has 158 valence electrons. The molecule has 2 aromatic carbocycles. The van der Waals surface area contributed by atoms with E-state index >= 15 is 0 Å². The quantitative estimate of drug-likeness (QED) is 0.618. The summed E-state index contributed by atoms with van der Waals surface area (Å²) in [6, 6.07) is 14.4. The molecule has 29 heavy (non-hydrogen) atoms. The van der Waals surface area contributed by atoms with Crippen LogP contribution in [0.3, 0.4) is 0 Å². The first-order valence-electron chi connectivity index (χ1n) is 9.78. The summed E-state index contributed by atoms with van der Waals surface area (Å²) >= 11 is 6.13. The summed E-state index contributed by atoms with van der Waals surface area (Å²) in [5, 5.41) is 0.719. The largest absolute Gasteiger partial charge is 0.493 e. The van der Waals surface area contributed by atoms with Gasteiger partial charge in [0.25, 0.3) is 0 Å². The van der Waals surface area contributed by atoms with Crippen molar-refractivity contribution in [2.24, 2.45) is 5.92 Å². The van der Waals surface area contributed by atoms with Gasteiger partial charge in [0.1, 0.15) is 5.75 Å². The maximum absolute atomic E-state index is 11.6. The fourth-order valence-corrected chi connectivity index (χ4v) is 4.54. The number of hydrogen-bond donors (Lipinski definition) is 0. The number of nitrogens with zero attached hydrogens (tertiary/aromatic N) is 1. The standard InChI is InChI=1S/C22H28ClNO4S/c1-27-22(18-6-3-7-19(23)13-18)15-24-12-4-5-17(14-24)16-28-20-8-10-21(11-9-20)29(2,25)26/h3,6-11,13,17,22H,4-5,12,14-16H2,1-2H3/t17-,22+/m1/s1. The van der Waals surface area contributed by atoms with E-state index in [1.165, 1.54) is 6.26 Å². The normalized spacial score (nSPS) is 19.1. The number of ether oxygens (including phenoxy) is 2. The summed E-state index contributed by atoms with van der Waals surface area (Å²) in [5.74, 6) is 1.12. The SMILES string of the molecule is CO[C@@H](CN1CCC[C@@H](COc2ccc(S(C)(=O)=O)cc2)C1)c1cccc(Cl)c1. The second-order valence-corrected chi connectivity index (χ2v) is 10.1. The number of methoxy groups -OCH3 is 1. The van der Waals surface area contributed by atoms with Crippen LogP contribution in [-0.4, -0.2) is 52.9 Å². The Labute approximate surface area is 178 Å². The lowest BCUT2D eigenvalue weighted by Crippen LogP contribution is -2.40. The molecule has 1 aliphatic heterocycles. The number of likely N-dealkylation sites (tertiary alicyclic amines) is 1. The Kier molecular flexibility index (Phi) is 7.57. The van der Waals surface area contributed by atoms with E-state index in [0.717, 1.165) is 43.1 Å². The maximum atomic E-state index is 11.6. The molecule has 0 saturated carbocycles. The minimum absolute atomic E-state index is 0.0168. The van der Waals surface area contributed by atoms with Crippen molar-refractivity contribution in [1.29, 1.82) is 0 Å². The van der Waals surface area contributed by atoms with E-state index in [1.54, 1.807) is 31.4 Å². The third kappa shape index (κ3) is 6.44. The van der Waals surface area contributed by atoms with Crippen molar-refractivity contribution < 1.29 is 17.9 Å². The Hall–Kier alpha value is -1.60. The summed E-state index contributed by atoms with van der Waals surface area (Å²) in [6.07, 6.45) is 3.42. The van der Waals surface area contributed by atoms with Crippen LogP contribution in [0.2, 0.25) is 5.02 Å². The van der Waals surface area contributed by atoms with Crippen molar-refractivity contribution in [3.8, 4) is 5.75 Å². The molecular weight excluding hydrogens is 410 g/mol. The lowest BCUT2D eigenvalue weighted by atomic mass is 9.98. The van der Waals surface area contributed by atoms with E-state index in [-0.39, 0.29) is 6.10 Å². The van der Waals surface area contributed by atoms with Gasteiger partial charge >= 0.3 is 0 Å². The summed E-state index contributed by atoms with van der Waals surface area (Å²) < 4.78 is 34.8. The van der Waals surface area contributed by atoms with Crippen molar-refractivity contribution in [3.63, 3.8) is 0 Å². The van der Waals surface area contributed by atoms with E-state index in [2.05, 4.69) is 4.90 Å². The zero-order valence-corrected chi connectivity index (χ0v) is 18.5. The van der Waals surface area contributed by atoms with Gasteiger partial charge in [-0.1, -0.05) is 23.7 Å². The van der Waals surface area contributed by atoms with Crippen molar-refractivity contribution in [2.45, 2.75) is 23.8 Å². The molecule has 1 heterocycles. The average Bonchev–Trinajstić information content (AvgIpc) is 2.70. The Morgan fingerprint density at radius 2 is 1.97 bits per heavy atom. The molecule has 3 rings (SSSR count). The minimum Gasteiger partial charge on any atom is -0.493 e. The second kappa shape index (κ2) is 9.94. The Bertz CT molecular complexity index is 901. The summed E-state index contributed by atoms with van der Waals surface area (Å²) in [4.78, 5) is 2.72. The summed E-state index contributed by atoms with van der Waals surface area (Å²) in [5.41, 5.74) is 1.09. The van der Waals surface area contributed by atoms with Gasteiger partial charge in [0.05, 0.1) is 17.6 Å². The van der Waals surface area contributed by atoms with Crippen LogP contribution in [0.15, 0.2) is 53.4 Å². The van der Waals surface area contributed by atoms with Crippen LogP contribution in [0.25, 0.3) is 0 Å². The number of sulfone groups is 1. The van der Waals surface area contributed by atoms with Crippen LogP contribution in [0, 0.1) is 5.92 Å². The third-order valence-electron chi connectivity index (χ3n) is 5.27. The van der Waals surface area contributed by atoms with Gasteiger partial charge in [0, 0.05) is 37.4 Å². The Balaban J connectivity index is 1.53. The van der Waals surface area contributed by atoms with Crippen LogP contribution in [0.5, 0.6) is 5.75 Å². The number of benzene rings is 2. The highest BCUT2D eigenvalue weighted by molar-refractivity contribution is 7.90. The van der Waals surface area contributed by atoms with Gasteiger partial charge in [-0.25, -0.2) is 8.42 Å². The molecule has 2 aromatic rings. The first kappa shape index (κ1) is 22.1. The smallest absolute Gasteiger partial charge is 0.175 e. The molecule has 2 atom stereocenters. The van der Waals surface area contributed by atoms with Crippen LogP contribution in [0.1, 0.15) is 24.5 Å². The van der Waals surface area contributed by atoms with Gasteiger partial charge in [-0.05, 0) is 61.3 Å². The van der Waals surface area contributed by atoms with Crippen molar-refractivity contribution in [1.82, 2.24) is 4.90 Å². The third-order valence-corrected chi connectivity index (χ3v) is 6.63. The zero-order valence-electron chi connectivity index (χ0n) is 16.9. The van der Waals surface area contributed by atoms with Crippen LogP contribution < -0.4 is 4.74 Å². The molecule has 5 nitrogen and oxygen atoms in total. The number of rotatable bonds is 8. The molecule has 0 aliphatic carbocycles. The predicted molar refractivity (Wildman–Crippen MR) is 115 cm³/mol. The molecular formula is C22H28ClNO4S. The lowest BCUT2D eigenvalue weighted by Gasteiger charge is -2.34. The van der Waals surface area contributed by atoms with Gasteiger partial charge in [0.2, 0.25) is 0 Å². The van der Waals surface area contributed by atoms with Crippen molar-refractivity contribution in [3.05, 3.63) is 59.1 Å². The monoisotopic (exact) mass is 437 g/mol. The highest BCUT2D eigenvalue weighted by Gasteiger charge is 2.24. The van der Waals surface area contributed by atoms with Crippen molar-refractivity contribution in [2.75, 3.05) is 39.6 Å².